The second kappa shape index (κ2) is 10.7. The van der Waals surface area contributed by atoms with E-state index in [2.05, 4.69) is 25.2 Å². The summed E-state index contributed by atoms with van der Waals surface area (Å²) in [6.45, 7) is 0. The summed E-state index contributed by atoms with van der Waals surface area (Å²) < 4.78 is 3.90. The SMILES string of the molecule is O=C(NC(=O)c1ccccc1)Nc1ccc(C(=O)C=Cc2ccc3cc(-c4csnn4)ccc3n2)cc1. The number of fused-ring (bicyclic) bond motifs is 1. The Balaban J connectivity index is 1.20. The van der Waals surface area contributed by atoms with Crippen molar-refractivity contribution < 1.29 is 14.4 Å². The maximum atomic E-state index is 12.6. The highest BCUT2D eigenvalue weighted by Crippen LogP contribution is 2.23. The molecule has 0 saturated carbocycles. The fourth-order valence-electron chi connectivity index (χ4n) is 3.59. The number of imide groups is 1. The summed E-state index contributed by atoms with van der Waals surface area (Å²) in [5.74, 6) is -0.710. The van der Waals surface area contributed by atoms with Gasteiger partial charge >= 0.3 is 6.03 Å². The van der Waals surface area contributed by atoms with Gasteiger partial charge in [-0.1, -0.05) is 34.8 Å². The van der Waals surface area contributed by atoms with Crippen LogP contribution in [0.2, 0.25) is 0 Å². The van der Waals surface area contributed by atoms with Gasteiger partial charge in [0.15, 0.2) is 5.78 Å². The number of benzene rings is 3. The molecule has 0 radical (unpaired) electrons. The van der Waals surface area contributed by atoms with Gasteiger partial charge in [0, 0.05) is 33.1 Å². The van der Waals surface area contributed by atoms with Crippen LogP contribution in [0.5, 0.6) is 0 Å². The average molecular weight is 506 g/mol. The number of hydrogen-bond donors (Lipinski definition) is 2. The predicted molar refractivity (Wildman–Crippen MR) is 143 cm³/mol. The standard InChI is InChI=1S/C28H19N5O3S/c34-26(15-13-22-12-8-20-16-21(9-14-24(20)29-22)25-17-37-33-32-25)18-6-10-23(11-7-18)30-28(36)31-27(35)19-4-2-1-3-5-19/h1-17H,(H2,30,31,35,36). The first-order chi connectivity index (χ1) is 18.0. The molecule has 2 N–H and O–H groups in total. The van der Waals surface area contributed by atoms with E-state index in [1.807, 2.05) is 35.7 Å². The Morgan fingerprint density at radius 1 is 0.838 bits per heavy atom. The molecule has 8 nitrogen and oxygen atoms in total. The molecule has 180 valence electrons. The van der Waals surface area contributed by atoms with Crippen molar-refractivity contribution in [3.05, 3.63) is 113 Å². The van der Waals surface area contributed by atoms with E-state index in [1.165, 1.54) is 17.6 Å². The molecule has 5 aromatic rings. The minimum atomic E-state index is -0.662. The van der Waals surface area contributed by atoms with Crippen molar-refractivity contribution in [1.82, 2.24) is 19.9 Å². The molecule has 9 heteroatoms. The summed E-state index contributed by atoms with van der Waals surface area (Å²) in [6, 6.07) is 23.8. The van der Waals surface area contributed by atoms with E-state index in [0.717, 1.165) is 22.2 Å². The Labute approximate surface area is 215 Å². The third kappa shape index (κ3) is 5.80. The number of rotatable bonds is 6. The van der Waals surface area contributed by atoms with Crippen molar-refractivity contribution in [1.29, 1.82) is 0 Å². The van der Waals surface area contributed by atoms with Crippen LogP contribution in [0.4, 0.5) is 10.5 Å². The molecule has 0 unspecified atom stereocenters. The van der Waals surface area contributed by atoms with Gasteiger partial charge in [-0.3, -0.25) is 14.9 Å². The molecule has 2 heterocycles. The third-order valence-corrected chi connectivity index (χ3v) is 5.97. The van der Waals surface area contributed by atoms with Crippen LogP contribution in [0.1, 0.15) is 26.4 Å². The van der Waals surface area contributed by atoms with Crippen LogP contribution in [0, 0.1) is 0 Å². The van der Waals surface area contributed by atoms with Crippen molar-refractivity contribution in [2.24, 2.45) is 0 Å². The van der Waals surface area contributed by atoms with Crippen molar-refractivity contribution in [2.75, 3.05) is 5.32 Å². The molecule has 5 rings (SSSR count). The molecule has 2 aromatic heterocycles. The Morgan fingerprint density at radius 2 is 1.65 bits per heavy atom. The monoisotopic (exact) mass is 505 g/mol. The lowest BCUT2D eigenvalue weighted by Crippen LogP contribution is -2.34. The van der Waals surface area contributed by atoms with Crippen molar-refractivity contribution in [3.8, 4) is 11.3 Å². The molecule has 0 atom stereocenters. The van der Waals surface area contributed by atoms with E-state index >= 15 is 0 Å². The van der Waals surface area contributed by atoms with Gasteiger partial charge in [-0.2, -0.15) is 0 Å². The maximum absolute atomic E-state index is 12.6. The van der Waals surface area contributed by atoms with Gasteiger partial charge in [0.2, 0.25) is 0 Å². The average Bonchev–Trinajstić information content (AvgIpc) is 3.47. The summed E-state index contributed by atoms with van der Waals surface area (Å²) in [5, 5.41) is 11.8. The molecular formula is C28H19N5O3S. The smallest absolute Gasteiger partial charge is 0.308 e. The van der Waals surface area contributed by atoms with Crippen molar-refractivity contribution in [2.45, 2.75) is 0 Å². The number of allylic oxidation sites excluding steroid dienone is 1. The van der Waals surface area contributed by atoms with Gasteiger partial charge < -0.3 is 5.32 Å². The summed E-state index contributed by atoms with van der Waals surface area (Å²) >= 11 is 1.30. The van der Waals surface area contributed by atoms with Crippen LogP contribution in [0.25, 0.3) is 28.2 Å². The summed E-state index contributed by atoms with van der Waals surface area (Å²) in [5.41, 5.74) is 4.53. The van der Waals surface area contributed by atoms with E-state index in [-0.39, 0.29) is 5.78 Å². The number of nitrogens with one attached hydrogen (secondary N) is 2. The van der Waals surface area contributed by atoms with E-state index in [9.17, 15) is 14.4 Å². The molecule has 0 aliphatic heterocycles. The number of carbonyl (C=O) groups is 3. The van der Waals surface area contributed by atoms with Gasteiger partial charge in [-0.15, -0.1) is 5.10 Å². The summed E-state index contributed by atoms with van der Waals surface area (Å²) in [7, 11) is 0. The van der Waals surface area contributed by atoms with Crippen LogP contribution >= 0.6 is 11.5 Å². The van der Waals surface area contributed by atoms with Gasteiger partial charge in [0.25, 0.3) is 5.91 Å². The highest BCUT2D eigenvalue weighted by molar-refractivity contribution is 7.03. The number of anilines is 1. The molecule has 0 saturated heterocycles. The van der Waals surface area contributed by atoms with Crippen LogP contribution in [-0.2, 0) is 0 Å². The first kappa shape index (κ1) is 23.7. The normalized spacial score (nSPS) is 10.9. The minimum Gasteiger partial charge on any atom is -0.308 e. The van der Waals surface area contributed by atoms with Crippen LogP contribution in [0.3, 0.4) is 0 Å². The molecule has 0 spiro atoms. The zero-order valence-corrected chi connectivity index (χ0v) is 20.1. The fourth-order valence-corrected chi connectivity index (χ4v) is 4.05. The molecule has 0 aliphatic rings. The number of carbonyl (C=O) groups excluding carboxylic acids is 3. The molecule has 3 aromatic carbocycles. The van der Waals surface area contributed by atoms with Gasteiger partial charge in [0.1, 0.15) is 5.69 Å². The highest BCUT2D eigenvalue weighted by atomic mass is 32.1. The minimum absolute atomic E-state index is 0.205. The van der Waals surface area contributed by atoms with Gasteiger partial charge in [-0.05, 0) is 78.3 Å². The number of ketones is 1. The van der Waals surface area contributed by atoms with Crippen molar-refractivity contribution >= 4 is 51.9 Å². The molecular weight excluding hydrogens is 486 g/mol. The van der Waals surface area contributed by atoms with Crippen molar-refractivity contribution in [3.63, 3.8) is 0 Å². The maximum Gasteiger partial charge on any atom is 0.326 e. The molecule has 3 amide bonds. The first-order valence-electron chi connectivity index (χ1n) is 11.2. The second-order valence-electron chi connectivity index (χ2n) is 7.98. The number of hydrogen-bond acceptors (Lipinski definition) is 7. The van der Waals surface area contributed by atoms with Crippen LogP contribution < -0.4 is 10.6 Å². The van der Waals surface area contributed by atoms with E-state index in [4.69, 9.17) is 0 Å². The number of aromatic nitrogens is 3. The number of pyridine rings is 1. The predicted octanol–water partition coefficient (Wildman–Crippen LogP) is 5.61. The fraction of sp³-hybridized carbons (Fsp3) is 0. The largest absolute Gasteiger partial charge is 0.326 e. The van der Waals surface area contributed by atoms with Crippen LogP contribution in [0.15, 0.2) is 96.4 Å². The molecule has 0 aliphatic carbocycles. The Morgan fingerprint density at radius 3 is 2.41 bits per heavy atom. The lowest BCUT2D eigenvalue weighted by Gasteiger charge is -2.07. The lowest BCUT2D eigenvalue weighted by molar-refractivity contribution is 0.0966. The topological polar surface area (TPSA) is 114 Å². The first-order valence-corrected chi connectivity index (χ1v) is 12.1. The summed E-state index contributed by atoms with van der Waals surface area (Å²) in [4.78, 5) is 41.4. The van der Waals surface area contributed by atoms with Gasteiger partial charge in [-0.25, -0.2) is 9.78 Å². The second-order valence-corrected chi connectivity index (χ2v) is 8.59. The lowest BCUT2D eigenvalue weighted by atomic mass is 10.1. The zero-order chi connectivity index (χ0) is 25.6. The third-order valence-electron chi connectivity index (χ3n) is 5.46. The summed E-state index contributed by atoms with van der Waals surface area (Å²) in [6.07, 6.45) is 3.12. The van der Waals surface area contributed by atoms with E-state index < -0.39 is 11.9 Å². The number of urea groups is 1. The Bertz CT molecular complexity index is 1620. The molecule has 37 heavy (non-hydrogen) atoms. The highest BCUT2D eigenvalue weighted by Gasteiger charge is 2.10. The quantitative estimate of drug-likeness (QED) is 0.229. The zero-order valence-electron chi connectivity index (χ0n) is 19.3. The van der Waals surface area contributed by atoms with Crippen LogP contribution in [-0.4, -0.2) is 32.3 Å². The Hall–Kier alpha value is -5.02. The Kier molecular flexibility index (Phi) is 6.87. The number of nitrogens with zero attached hydrogens (tertiary/aromatic N) is 3. The molecule has 0 fully saturated rings. The van der Waals surface area contributed by atoms with E-state index in [1.54, 1.807) is 60.7 Å². The van der Waals surface area contributed by atoms with Gasteiger partial charge in [0.05, 0.1) is 11.2 Å². The number of amides is 3. The van der Waals surface area contributed by atoms with E-state index in [0.29, 0.717) is 22.5 Å². The molecule has 0 bridgehead atoms.